The molecule has 0 aliphatic heterocycles. The number of rotatable bonds is 6. The summed E-state index contributed by atoms with van der Waals surface area (Å²) < 4.78 is 0. The van der Waals surface area contributed by atoms with Crippen LogP contribution in [-0.4, -0.2) is 28.4 Å². The van der Waals surface area contributed by atoms with E-state index in [9.17, 15) is 14.9 Å². The predicted octanol–water partition coefficient (Wildman–Crippen LogP) is 1.87. The van der Waals surface area contributed by atoms with E-state index < -0.39 is 11.0 Å². The molecule has 0 bridgehead atoms. The third kappa shape index (κ3) is 4.18. The van der Waals surface area contributed by atoms with E-state index in [4.69, 9.17) is 0 Å². The van der Waals surface area contributed by atoms with Crippen molar-refractivity contribution < 1.29 is 9.72 Å². The molecular weight excluding hydrogens is 260 g/mol. The Balaban J connectivity index is 2.80. The van der Waals surface area contributed by atoms with Crippen LogP contribution in [0, 0.1) is 23.0 Å². The van der Waals surface area contributed by atoms with Crippen LogP contribution in [0.5, 0.6) is 0 Å². The van der Waals surface area contributed by atoms with Crippen molar-refractivity contribution in [3.63, 3.8) is 0 Å². The number of nitro groups is 1. The summed E-state index contributed by atoms with van der Waals surface area (Å²) in [7, 11) is 0. The number of aryl methyl sites for hydroxylation is 1. The molecule has 1 rings (SSSR count). The smallest absolute Gasteiger partial charge is 0.314 e. The van der Waals surface area contributed by atoms with E-state index in [1.54, 1.807) is 19.9 Å². The molecule has 20 heavy (non-hydrogen) atoms. The van der Waals surface area contributed by atoms with Gasteiger partial charge in [0.15, 0.2) is 0 Å². The van der Waals surface area contributed by atoms with Crippen molar-refractivity contribution >= 4 is 17.4 Å². The number of nitrogens with one attached hydrogen (secondary N) is 2. The Morgan fingerprint density at radius 3 is 2.65 bits per heavy atom. The number of carbonyl (C=O) groups excluding carboxylic acids is 1. The summed E-state index contributed by atoms with van der Waals surface area (Å²) in [5.41, 5.74) is 0.401. The molecule has 110 valence electrons. The van der Waals surface area contributed by atoms with Gasteiger partial charge in [0, 0.05) is 18.3 Å². The molecule has 0 spiro atoms. The number of pyridine rings is 1. The van der Waals surface area contributed by atoms with Crippen molar-refractivity contribution in [3.05, 3.63) is 27.9 Å². The van der Waals surface area contributed by atoms with E-state index in [1.807, 2.05) is 13.8 Å². The lowest BCUT2D eigenvalue weighted by molar-refractivity contribution is -0.384. The molecule has 0 aromatic carbocycles. The number of aromatic nitrogens is 1. The summed E-state index contributed by atoms with van der Waals surface area (Å²) >= 11 is 0. The van der Waals surface area contributed by atoms with Crippen molar-refractivity contribution in [2.24, 2.45) is 5.92 Å². The zero-order valence-electron chi connectivity index (χ0n) is 12.1. The zero-order chi connectivity index (χ0) is 15.3. The first-order chi connectivity index (χ1) is 9.32. The number of anilines is 1. The summed E-state index contributed by atoms with van der Waals surface area (Å²) in [6.45, 7) is 7.82. The lowest BCUT2D eigenvalue weighted by Crippen LogP contribution is -2.39. The normalized spacial score (nSPS) is 12.1. The highest BCUT2D eigenvalue weighted by atomic mass is 16.6. The second kappa shape index (κ2) is 6.83. The van der Waals surface area contributed by atoms with Gasteiger partial charge in [0.1, 0.15) is 6.04 Å². The SMILES string of the molecule is Cc1ccnc(NC(C)C(=O)NCC(C)C)c1[N+](=O)[O-]. The molecule has 1 heterocycles. The molecule has 1 unspecified atom stereocenters. The topological polar surface area (TPSA) is 97.2 Å². The van der Waals surface area contributed by atoms with Crippen LogP contribution < -0.4 is 10.6 Å². The van der Waals surface area contributed by atoms with Gasteiger partial charge in [0.25, 0.3) is 0 Å². The highest BCUT2D eigenvalue weighted by Gasteiger charge is 2.22. The van der Waals surface area contributed by atoms with Gasteiger partial charge in [-0.05, 0) is 25.8 Å². The number of carbonyl (C=O) groups is 1. The fraction of sp³-hybridized carbons (Fsp3) is 0.538. The quantitative estimate of drug-likeness (QED) is 0.612. The van der Waals surface area contributed by atoms with Gasteiger partial charge in [0.05, 0.1) is 4.92 Å². The molecule has 1 amide bonds. The zero-order valence-corrected chi connectivity index (χ0v) is 12.1. The van der Waals surface area contributed by atoms with Crippen molar-refractivity contribution in [2.45, 2.75) is 33.7 Å². The van der Waals surface area contributed by atoms with Crippen LogP contribution in [0.15, 0.2) is 12.3 Å². The Labute approximate surface area is 117 Å². The van der Waals surface area contributed by atoms with Gasteiger partial charge in [-0.15, -0.1) is 0 Å². The first kappa shape index (κ1) is 15.9. The highest BCUT2D eigenvalue weighted by Crippen LogP contribution is 2.25. The second-order valence-electron chi connectivity index (χ2n) is 5.09. The summed E-state index contributed by atoms with van der Waals surface area (Å²) in [5, 5.41) is 16.6. The summed E-state index contributed by atoms with van der Waals surface area (Å²) in [6, 6.07) is 0.967. The van der Waals surface area contributed by atoms with Gasteiger partial charge < -0.3 is 10.6 Å². The first-order valence-electron chi connectivity index (χ1n) is 6.47. The first-order valence-corrected chi connectivity index (χ1v) is 6.47. The number of nitrogens with zero attached hydrogens (tertiary/aromatic N) is 2. The predicted molar refractivity (Wildman–Crippen MR) is 76.6 cm³/mol. The standard InChI is InChI=1S/C13H20N4O3/c1-8(2)7-15-13(18)10(4)16-12-11(17(19)20)9(3)5-6-14-12/h5-6,8,10H,7H2,1-4H3,(H,14,16)(H,15,18). The molecule has 7 heteroatoms. The molecule has 1 atom stereocenters. The lowest BCUT2D eigenvalue weighted by Gasteiger charge is -2.16. The highest BCUT2D eigenvalue weighted by molar-refractivity contribution is 5.84. The average molecular weight is 280 g/mol. The second-order valence-corrected chi connectivity index (χ2v) is 5.09. The fourth-order valence-electron chi connectivity index (χ4n) is 1.61. The molecule has 0 radical (unpaired) electrons. The summed E-state index contributed by atoms with van der Waals surface area (Å²) in [4.78, 5) is 26.3. The third-order valence-corrected chi connectivity index (χ3v) is 2.74. The van der Waals surface area contributed by atoms with Crippen molar-refractivity contribution in [2.75, 3.05) is 11.9 Å². The minimum atomic E-state index is -0.596. The van der Waals surface area contributed by atoms with E-state index >= 15 is 0 Å². The van der Waals surface area contributed by atoms with E-state index in [2.05, 4.69) is 15.6 Å². The number of amides is 1. The third-order valence-electron chi connectivity index (χ3n) is 2.74. The Bertz CT molecular complexity index is 502. The molecule has 2 N–H and O–H groups in total. The van der Waals surface area contributed by atoms with E-state index in [1.165, 1.54) is 6.20 Å². The van der Waals surface area contributed by atoms with Crippen molar-refractivity contribution in [1.29, 1.82) is 0 Å². The minimum absolute atomic E-state index is 0.101. The van der Waals surface area contributed by atoms with Crippen molar-refractivity contribution in [3.8, 4) is 0 Å². The molecule has 0 fully saturated rings. The Morgan fingerprint density at radius 1 is 1.45 bits per heavy atom. The van der Waals surface area contributed by atoms with Gasteiger partial charge in [-0.1, -0.05) is 13.8 Å². The van der Waals surface area contributed by atoms with E-state index in [0.29, 0.717) is 18.0 Å². The van der Waals surface area contributed by atoms with Gasteiger partial charge in [-0.3, -0.25) is 14.9 Å². The Morgan fingerprint density at radius 2 is 2.10 bits per heavy atom. The molecule has 7 nitrogen and oxygen atoms in total. The van der Waals surface area contributed by atoms with Crippen LogP contribution in [0.4, 0.5) is 11.5 Å². The average Bonchev–Trinajstić information content (AvgIpc) is 2.35. The summed E-state index contributed by atoms with van der Waals surface area (Å²) in [5.74, 6) is 0.246. The number of hydrogen-bond acceptors (Lipinski definition) is 5. The molecule has 0 aliphatic carbocycles. The summed E-state index contributed by atoms with van der Waals surface area (Å²) in [6.07, 6.45) is 1.48. The molecule has 0 aliphatic rings. The molecule has 1 aromatic heterocycles. The fourth-order valence-corrected chi connectivity index (χ4v) is 1.61. The molecule has 1 aromatic rings. The van der Waals surface area contributed by atoms with E-state index in [-0.39, 0.29) is 17.4 Å². The van der Waals surface area contributed by atoms with Gasteiger partial charge in [-0.2, -0.15) is 0 Å². The Hall–Kier alpha value is -2.18. The minimum Gasteiger partial charge on any atom is -0.354 e. The van der Waals surface area contributed by atoms with Crippen LogP contribution >= 0.6 is 0 Å². The van der Waals surface area contributed by atoms with Crippen LogP contribution in [0.3, 0.4) is 0 Å². The van der Waals surface area contributed by atoms with Gasteiger partial charge in [-0.25, -0.2) is 4.98 Å². The maximum absolute atomic E-state index is 11.8. The molecule has 0 saturated heterocycles. The monoisotopic (exact) mass is 280 g/mol. The van der Waals surface area contributed by atoms with Crippen LogP contribution in [-0.2, 0) is 4.79 Å². The lowest BCUT2D eigenvalue weighted by atomic mass is 10.2. The number of hydrogen-bond donors (Lipinski definition) is 2. The van der Waals surface area contributed by atoms with E-state index in [0.717, 1.165) is 0 Å². The van der Waals surface area contributed by atoms with Crippen LogP contribution in [0.2, 0.25) is 0 Å². The largest absolute Gasteiger partial charge is 0.354 e. The molecule has 0 saturated carbocycles. The Kier molecular flexibility index (Phi) is 5.42. The maximum atomic E-state index is 11.8. The van der Waals surface area contributed by atoms with Crippen LogP contribution in [0.1, 0.15) is 26.3 Å². The molecular formula is C13H20N4O3. The maximum Gasteiger partial charge on any atom is 0.314 e. The van der Waals surface area contributed by atoms with Gasteiger partial charge >= 0.3 is 5.69 Å². The van der Waals surface area contributed by atoms with Crippen LogP contribution in [0.25, 0.3) is 0 Å². The van der Waals surface area contributed by atoms with Crippen molar-refractivity contribution in [1.82, 2.24) is 10.3 Å². The van der Waals surface area contributed by atoms with Gasteiger partial charge in [0.2, 0.25) is 11.7 Å².